The van der Waals surface area contributed by atoms with E-state index in [0.717, 1.165) is 46.5 Å². The van der Waals surface area contributed by atoms with Gasteiger partial charge >= 0.3 is 0 Å². The van der Waals surface area contributed by atoms with Crippen LogP contribution in [-0.4, -0.2) is 37.7 Å². The maximum Gasteiger partial charge on any atom is 0.191 e. The van der Waals surface area contributed by atoms with E-state index < -0.39 is 0 Å². The number of aliphatic imine (C=N–C) groups is 1. The lowest BCUT2D eigenvalue weighted by atomic mass is 10.1. The topological polar surface area (TPSA) is 58.5 Å². The molecule has 0 bridgehead atoms. The monoisotopic (exact) mass is 394 g/mol. The molecule has 0 fully saturated rings. The Hall–Kier alpha value is -2.86. The fourth-order valence-electron chi connectivity index (χ4n) is 2.83. The van der Waals surface area contributed by atoms with E-state index in [1.807, 2.05) is 43.3 Å². The predicted octanol–water partition coefficient (Wildman–Crippen LogP) is 3.91. The maximum absolute atomic E-state index is 6.01. The lowest BCUT2D eigenvalue weighted by molar-refractivity contribution is 0.323. The van der Waals surface area contributed by atoms with Gasteiger partial charge in [0.1, 0.15) is 12.4 Å². The Morgan fingerprint density at radius 1 is 1.04 bits per heavy atom. The highest BCUT2D eigenvalue weighted by Gasteiger charge is 2.05. The van der Waals surface area contributed by atoms with Crippen molar-refractivity contribution in [3.63, 3.8) is 0 Å². The van der Waals surface area contributed by atoms with Gasteiger partial charge in [-0.1, -0.05) is 48.5 Å². The Balaban J connectivity index is 1.44. The number of thiazole rings is 1. The number of ether oxygens (including phenoxy) is 1. The summed E-state index contributed by atoms with van der Waals surface area (Å²) in [7, 11) is 1.77. The number of nitrogens with one attached hydrogen (secondary N) is 2. The SMILES string of the molecule is CN=C(NCCOc1ccccc1-c1ccccc1)NCCc1csc(C)n1. The molecule has 0 aliphatic rings. The van der Waals surface area contributed by atoms with Crippen molar-refractivity contribution < 1.29 is 4.74 Å². The second kappa shape index (κ2) is 10.5. The highest BCUT2D eigenvalue weighted by Crippen LogP contribution is 2.29. The summed E-state index contributed by atoms with van der Waals surface area (Å²) in [6.45, 7) is 4.03. The molecular weight excluding hydrogens is 368 g/mol. The number of hydrogen-bond acceptors (Lipinski definition) is 4. The molecule has 2 N–H and O–H groups in total. The summed E-state index contributed by atoms with van der Waals surface area (Å²) in [4.78, 5) is 8.73. The smallest absolute Gasteiger partial charge is 0.191 e. The fourth-order valence-corrected chi connectivity index (χ4v) is 3.48. The molecule has 0 atom stereocenters. The van der Waals surface area contributed by atoms with Gasteiger partial charge in [-0.2, -0.15) is 0 Å². The molecule has 6 heteroatoms. The predicted molar refractivity (Wildman–Crippen MR) is 117 cm³/mol. The fraction of sp³-hybridized carbons (Fsp3) is 0.273. The summed E-state index contributed by atoms with van der Waals surface area (Å²) in [6, 6.07) is 18.4. The van der Waals surface area contributed by atoms with E-state index in [1.54, 1.807) is 18.4 Å². The second-order valence-electron chi connectivity index (χ2n) is 6.24. The Morgan fingerprint density at radius 2 is 1.79 bits per heavy atom. The van der Waals surface area contributed by atoms with Crippen LogP contribution in [0.1, 0.15) is 10.7 Å². The van der Waals surface area contributed by atoms with E-state index in [0.29, 0.717) is 13.2 Å². The van der Waals surface area contributed by atoms with Crippen LogP contribution in [0.2, 0.25) is 0 Å². The molecule has 3 rings (SSSR count). The molecule has 146 valence electrons. The summed E-state index contributed by atoms with van der Waals surface area (Å²) in [6.07, 6.45) is 0.881. The molecule has 0 aliphatic heterocycles. The Kier molecular flexibility index (Phi) is 7.44. The first-order valence-electron chi connectivity index (χ1n) is 9.39. The van der Waals surface area contributed by atoms with Crippen LogP contribution in [0, 0.1) is 6.92 Å². The highest BCUT2D eigenvalue weighted by molar-refractivity contribution is 7.09. The van der Waals surface area contributed by atoms with E-state index >= 15 is 0 Å². The van der Waals surface area contributed by atoms with E-state index in [9.17, 15) is 0 Å². The van der Waals surface area contributed by atoms with Crippen LogP contribution < -0.4 is 15.4 Å². The molecular formula is C22H26N4OS. The summed E-state index contributed by atoms with van der Waals surface area (Å²) in [5.41, 5.74) is 3.37. The van der Waals surface area contributed by atoms with Crippen molar-refractivity contribution in [3.8, 4) is 16.9 Å². The third kappa shape index (κ3) is 5.82. The second-order valence-corrected chi connectivity index (χ2v) is 7.31. The molecule has 2 aromatic carbocycles. The van der Waals surface area contributed by atoms with E-state index in [2.05, 4.69) is 44.2 Å². The van der Waals surface area contributed by atoms with Crippen LogP contribution in [-0.2, 0) is 6.42 Å². The maximum atomic E-state index is 6.01. The van der Waals surface area contributed by atoms with Gasteiger partial charge in [0.2, 0.25) is 0 Å². The number of hydrogen-bond donors (Lipinski definition) is 2. The summed E-state index contributed by atoms with van der Waals surface area (Å²) >= 11 is 1.68. The zero-order chi connectivity index (χ0) is 19.6. The lowest BCUT2D eigenvalue weighted by Gasteiger charge is -2.14. The van der Waals surface area contributed by atoms with Crippen molar-refractivity contribution in [1.82, 2.24) is 15.6 Å². The van der Waals surface area contributed by atoms with E-state index in [4.69, 9.17) is 4.74 Å². The first kappa shape index (κ1) is 19.9. The van der Waals surface area contributed by atoms with Gasteiger partial charge in [0.05, 0.1) is 17.2 Å². The third-order valence-corrected chi connectivity index (χ3v) is 5.01. The molecule has 1 aromatic heterocycles. The van der Waals surface area contributed by atoms with Crippen LogP contribution >= 0.6 is 11.3 Å². The molecule has 0 aliphatic carbocycles. The van der Waals surface area contributed by atoms with E-state index in [-0.39, 0.29) is 0 Å². The minimum absolute atomic E-state index is 0.551. The van der Waals surface area contributed by atoms with Crippen molar-refractivity contribution >= 4 is 17.3 Å². The minimum atomic E-state index is 0.551. The van der Waals surface area contributed by atoms with Gasteiger partial charge in [-0.15, -0.1) is 11.3 Å². The van der Waals surface area contributed by atoms with Crippen molar-refractivity contribution in [2.75, 3.05) is 26.7 Å². The van der Waals surface area contributed by atoms with Gasteiger partial charge in [-0.05, 0) is 18.6 Å². The summed E-state index contributed by atoms with van der Waals surface area (Å²) in [5.74, 6) is 1.66. The van der Waals surface area contributed by atoms with Gasteiger partial charge < -0.3 is 15.4 Å². The number of benzene rings is 2. The summed E-state index contributed by atoms with van der Waals surface area (Å²) in [5, 5.41) is 9.80. The number of aryl methyl sites for hydroxylation is 1. The van der Waals surface area contributed by atoms with Gasteiger partial charge in [0.25, 0.3) is 0 Å². The Labute approximate surface area is 170 Å². The molecule has 0 spiro atoms. The van der Waals surface area contributed by atoms with Gasteiger partial charge in [-0.3, -0.25) is 4.99 Å². The molecule has 1 heterocycles. The summed E-state index contributed by atoms with van der Waals surface area (Å²) < 4.78 is 6.01. The molecule has 5 nitrogen and oxygen atoms in total. The van der Waals surface area contributed by atoms with Crippen LogP contribution in [0.15, 0.2) is 65.0 Å². The first-order chi connectivity index (χ1) is 13.8. The molecule has 28 heavy (non-hydrogen) atoms. The molecule has 0 radical (unpaired) electrons. The molecule has 3 aromatic rings. The minimum Gasteiger partial charge on any atom is -0.491 e. The largest absolute Gasteiger partial charge is 0.491 e. The number of nitrogens with zero attached hydrogens (tertiary/aromatic N) is 2. The van der Waals surface area contributed by atoms with Crippen LogP contribution in [0.3, 0.4) is 0 Å². The zero-order valence-electron chi connectivity index (χ0n) is 16.3. The average Bonchev–Trinajstić information content (AvgIpc) is 3.15. The number of guanidine groups is 1. The quantitative estimate of drug-likeness (QED) is 0.346. The van der Waals surface area contributed by atoms with Crippen molar-refractivity contribution in [1.29, 1.82) is 0 Å². The molecule has 0 unspecified atom stereocenters. The normalized spacial score (nSPS) is 11.3. The molecule has 0 saturated carbocycles. The highest BCUT2D eigenvalue weighted by atomic mass is 32.1. The van der Waals surface area contributed by atoms with Crippen molar-refractivity contribution in [2.24, 2.45) is 4.99 Å². The Bertz CT molecular complexity index is 892. The van der Waals surface area contributed by atoms with Gasteiger partial charge in [0.15, 0.2) is 5.96 Å². The van der Waals surface area contributed by atoms with Crippen LogP contribution in [0.5, 0.6) is 5.75 Å². The molecule has 0 saturated heterocycles. The number of rotatable bonds is 8. The standard InChI is InChI=1S/C22H26N4OS/c1-17-26-19(16-28-17)12-13-24-22(23-2)25-14-15-27-21-11-7-6-10-20(21)18-8-4-3-5-9-18/h3-11,16H,12-15H2,1-2H3,(H2,23,24,25). The van der Waals surface area contributed by atoms with Crippen LogP contribution in [0.4, 0.5) is 0 Å². The van der Waals surface area contributed by atoms with Gasteiger partial charge in [0, 0.05) is 31.0 Å². The molecule has 0 amide bonds. The number of aromatic nitrogens is 1. The van der Waals surface area contributed by atoms with Crippen LogP contribution in [0.25, 0.3) is 11.1 Å². The van der Waals surface area contributed by atoms with Gasteiger partial charge in [-0.25, -0.2) is 4.98 Å². The average molecular weight is 395 g/mol. The number of para-hydroxylation sites is 1. The Morgan fingerprint density at radius 3 is 2.54 bits per heavy atom. The third-order valence-electron chi connectivity index (χ3n) is 4.19. The van der Waals surface area contributed by atoms with Crippen molar-refractivity contribution in [3.05, 3.63) is 70.7 Å². The zero-order valence-corrected chi connectivity index (χ0v) is 17.1. The first-order valence-corrected chi connectivity index (χ1v) is 10.3. The lowest BCUT2D eigenvalue weighted by Crippen LogP contribution is -2.40. The van der Waals surface area contributed by atoms with Crippen molar-refractivity contribution in [2.45, 2.75) is 13.3 Å². The van der Waals surface area contributed by atoms with E-state index in [1.165, 1.54) is 0 Å².